The Kier molecular flexibility index (Phi) is 8.24. The molecule has 2 rings (SSSR count). The molecule has 0 bridgehead atoms. The van der Waals surface area contributed by atoms with E-state index in [-0.39, 0.29) is 11.8 Å². The van der Waals surface area contributed by atoms with Crippen LogP contribution in [-0.4, -0.2) is 29.3 Å². The van der Waals surface area contributed by atoms with Crippen LogP contribution in [0.5, 0.6) is 0 Å². The number of carbonyl (C=O) groups excluding carboxylic acids is 2. The fraction of sp³-hybridized carbons (Fsp3) is 0.417. The SMILES string of the molecule is Cc1ccccc1CN(C(=O)CCc1ccccc1)C(C)C(=O)NCC(C)C. The summed E-state index contributed by atoms with van der Waals surface area (Å²) in [4.78, 5) is 27.4. The molecule has 0 fully saturated rings. The van der Waals surface area contributed by atoms with Gasteiger partial charge >= 0.3 is 0 Å². The molecule has 1 unspecified atom stereocenters. The Labute approximate surface area is 169 Å². The highest BCUT2D eigenvalue weighted by molar-refractivity contribution is 5.87. The second kappa shape index (κ2) is 10.6. The largest absolute Gasteiger partial charge is 0.354 e. The molecule has 2 aromatic rings. The standard InChI is InChI=1S/C24H32N2O2/c1-18(2)16-25-24(28)20(4)26(17-22-13-9-8-10-19(22)3)23(27)15-14-21-11-6-5-7-12-21/h5-13,18,20H,14-17H2,1-4H3,(H,25,28). The van der Waals surface area contributed by atoms with Crippen molar-refractivity contribution in [2.24, 2.45) is 5.92 Å². The second-order valence-corrected chi connectivity index (χ2v) is 7.75. The van der Waals surface area contributed by atoms with Crippen molar-refractivity contribution in [1.29, 1.82) is 0 Å². The molecule has 28 heavy (non-hydrogen) atoms. The predicted molar refractivity (Wildman–Crippen MR) is 114 cm³/mol. The minimum atomic E-state index is -0.512. The summed E-state index contributed by atoms with van der Waals surface area (Å²) in [6.45, 7) is 9.01. The molecule has 4 nitrogen and oxygen atoms in total. The Hall–Kier alpha value is -2.62. The zero-order valence-corrected chi connectivity index (χ0v) is 17.4. The van der Waals surface area contributed by atoms with Crippen LogP contribution in [-0.2, 0) is 22.6 Å². The van der Waals surface area contributed by atoms with Crippen molar-refractivity contribution in [2.45, 2.75) is 53.1 Å². The number of benzene rings is 2. The van der Waals surface area contributed by atoms with E-state index in [1.807, 2.05) is 68.4 Å². The summed E-state index contributed by atoms with van der Waals surface area (Å²) >= 11 is 0. The van der Waals surface area contributed by atoms with Gasteiger partial charge in [0.05, 0.1) is 0 Å². The van der Waals surface area contributed by atoms with E-state index in [9.17, 15) is 9.59 Å². The third-order valence-corrected chi connectivity index (χ3v) is 4.92. The summed E-state index contributed by atoms with van der Waals surface area (Å²) < 4.78 is 0. The predicted octanol–water partition coefficient (Wildman–Crippen LogP) is 4.12. The van der Waals surface area contributed by atoms with Gasteiger partial charge in [0.25, 0.3) is 0 Å². The van der Waals surface area contributed by atoms with E-state index in [1.54, 1.807) is 4.90 Å². The molecule has 0 spiro atoms. The molecule has 150 valence electrons. The lowest BCUT2D eigenvalue weighted by atomic mass is 10.1. The number of nitrogens with zero attached hydrogens (tertiary/aromatic N) is 1. The van der Waals surface area contributed by atoms with Crippen LogP contribution in [0.1, 0.15) is 43.9 Å². The molecule has 0 aliphatic rings. The quantitative estimate of drug-likeness (QED) is 0.711. The van der Waals surface area contributed by atoms with E-state index in [0.717, 1.165) is 16.7 Å². The van der Waals surface area contributed by atoms with Crippen molar-refractivity contribution in [3.05, 3.63) is 71.3 Å². The van der Waals surface area contributed by atoms with Crippen LogP contribution in [0.2, 0.25) is 0 Å². The minimum Gasteiger partial charge on any atom is -0.354 e. The van der Waals surface area contributed by atoms with Gasteiger partial charge in [0.1, 0.15) is 6.04 Å². The maximum Gasteiger partial charge on any atom is 0.242 e. The van der Waals surface area contributed by atoms with E-state index < -0.39 is 6.04 Å². The molecule has 2 aromatic carbocycles. The second-order valence-electron chi connectivity index (χ2n) is 7.75. The number of amides is 2. The summed E-state index contributed by atoms with van der Waals surface area (Å²) in [6.07, 6.45) is 1.06. The van der Waals surface area contributed by atoms with E-state index in [2.05, 4.69) is 19.2 Å². The Morgan fingerprint density at radius 1 is 0.964 bits per heavy atom. The van der Waals surface area contributed by atoms with Crippen molar-refractivity contribution < 1.29 is 9.59 Å². The molecule has 0 aliphatic carbocycles. The number of aryl methyl sites for hydroxylation is 2. The van der Waals surface area contributed by atoms with Crippen LogP contribution in [0.3, 0.4) is 0 Å². The normalized spacial score (nSPS) is 11.9. The van der Waals surface area contributed by atoms with Crippen LogP contribution in [0, 0.1) is 12.8 Å². The highest BCUT2D eigenvalue weighted by atomic mass is 16.2. The first-order chi connectivity index (χ1) is 13.4. The molecule has 0 saturated carbocycles. The van der Waals surface area contributed by atoms with Crippen molar-refractivity contribution >= 4 is 11.8 Å². The summed E-state index contributed by atoms with van der Waals surface area (Å²) in [5.41, 5.74) is 3.32. The smallest absolute Gasteiger partial charge is 0.242 e. The minimum absolute atomic E-state index is 0.000645. The molecule has 0 saturated heterocycles. The van der Waals surface area contributed by atoms with Crippen LogP contribution >= 0.6 is 0 Å². The van der Waals surface area contributed by atoms with Gasteiger partial charge in [-0.05, 0) is 42.9 Å². The lowest BCUT2D eigenvalue weighted by Gasteiger charge is -2.29. The molecule has 4 heteroatoms. The van der Waals surface area contributed by atoms with Crippen LogP contribution in [0.15, 0.2) is 54.6 Å². The number of rotatable bonds is 9. The van der Waals surface area contributed by atoms with Crippen LogP contribution in [0.4, 0.5) is 0 Å². The van der Waals surface area contributed by atoms with Crippen molar-refractivity contribution in [1.82, 2.24) is 10.2 Å². The lowest BCUT2D eigenvalue weighted by molar-refractivity contribution is -0.140. The Balaban J connectivity index is 2.13. The Bertz CT molecular complexity index is 771. The molecule has 0 aliphatic heterocycles. The van der Waals surface area contributed by atoms with E-state index >= 15 is 0 Å². The zero-order valence-electron chi connectivity index (χ0n) is 17.4. The van der Waals surface area contributed by atoms with Gasteiger partial charge in [-0.3, -0.25) is 9.59 Å². The Morgan fingerprint density at radius 3 is 2.25 bits per heavy atom. The summed E-state index contributed by atoms with van der Waals surface area (Å²) in [7, 11) is 0. The van der Waals surface area contributed by atoms with Crippen LogP contribution in [0.25, 0.3) is 0 Å². The summed E-state index contributed by atoms with van der Waals surface area (Å²) in [5.74, 6) is 0.268. The van der Waals surface area contributed by atoms with Gasteiger partial charge in [-0.25, -0.2) is 0 Å². The highest BCUT2D eigenvalue weighted by Crippen LogP contribution is 2.15. The maximum absolute atomic E-state index is 13.1. The van der Waals surface area contributed by atoms with E-state index in [0.29, 0.717) is 31.8 Å². The third-order valence-electron chi connectivity index (χ3n) is 4.92. The number of nitrogens with one attached hydrogen (secondary N) is 1. The lowest BCUT2D eigenvalue weighted by Crippen LogP contribution is -2.48. The first-order valence-electron chi connectivity index (χ1n) is 10.0. The third kappa shape index (κ3) is 6.52. The summed E-state index contributed by atoms with van der Waals surface area (Å²) in [5, 5.41) is 2.96. The van der Waals surface area contributed by atoms with Gasteiger partial charge < -0.3 is 10.2 Å². The van der Waals surface area contributed by atoms with Crippen LogP contribution < -0.4 is 5.32 Å². The number of carbonyl (C=O) groups is 2. The van der Waals surface area contributed by atoms with Gasteiger partial charge in [0, 0.05) is 19.5 Å². The molecule has 1 N–H and O–H groups in total. The number of hydrogen-bond donors (Lipinski definition) is 1. The highest BCUT2D eigenvalue weighted by Gasteiger charge is 2.26. The molecular weight excluding hydrogens is 348 g/mol. The van der Waals surface area contributed by atoms with Gasteiger partial charge in [0.2, 0.25) is 11.8 Å². The molecule has 0 aromatic heterocycles. The van der Waals surface area contributed by atoms with E-state index in [4.69, 9.17) is 0 Å². The molecule has 0 heterocycles. The van der Waals surface area contributed by atoms with Gasteiger partial charge in [-0.1, -0.05) is 68.4 Å². The van der Waals surface area contributed by atoms with Gasteiger partial charge in [-0.2, -0.15) is 0 Å². The van der Waals surface area contributed by atoms with Crippen molar-refractivity contribution in [2.75, 3.05) is 6.54 Å². The fourth-order valence-corrected chi connectivity index (χ4v) is 3.05. The van der Waals surface area contributed by atoms with E-state index in [1.165, 1.54) is 0 Å². The molecule has 0 radical (unpaired) electrons. The van der Waals surface area contributed by atoms with Gasteiger partial charge in [-0.15, -0.1) is 0 Å². The maximum atomic E-state index is 13.1. The van der Waals surface area contributed by atoms with Gasteiger partial charge in [0.15, 0.2) is 0 Å². The zero-order chi connectivity index (χ0) is 20.5. The Morgan fingerprint density at radius 2 is 1.61 bits per heavy atom. The molecule has 1 atom stereocenters. The number of hydrogen-bond acceptors (Lipinski definition) is 2. The monoisotopic (exact) mass is 380 g/mol. The molecule has 2 amide bonds. The molecular formula is C24H32N2O2. The first-order valence-corrected chi connectivity index (χ1v) is 10.0. The average molecular weight is 381 g/mol. The topological polar surface area (TPSA) is 49.4 Å². The van der Waals surface area contributed by atoms with Crippen molar-refractivity contribution in [3.8, 4) is 0 Å². The summed E-state index contributed by atoms with van der Waals surface area (Å²) in [6, 6.07) is 17.5. The van der Waals surface area contributed by atoms with Crippen molar-refractivity contribution in [3.63, 3.8) is 0 Å². The first kappa shape index (κ1) is 21.7. The fourth-order valence-electron chi connectivity index (χ4n) is 3.05. The average Bonchev–Trinajstić information content (AvgIpc) is 2.69.